The minimum Gasteiger partial charge on any atom is -0.355 e. The maximum absolute atomic E-state index is 13.7. The first-order valence-corrected chi connectivity index (χ1v) is 5.40. The molecule has 1 aromatic carbocycles. The number of amides is 1. The number of hydrogen-bond donors (Lipinski definition) is 1. The number of rotatable bonds is 2. The van der Waals surface area contributed by atoms with Crippen LogP contribution < -0.4 is 10.2 Å². The topological polar surface area (TPSA) is 56.1 Å². The molecule has 2 rings (SSSR count). The molecular weight excluding hydrogens is 221 g/mol. The molecule has 0 radical (unpaired) electrons. The number of carbonyl (C=O) groups is 1. The van der Waals surface area contributed by atoms with Gasteiger partial charge in [0.25, 0.3) is 0 Å². The van der Waals surface area contributed by atoms with Crippen LogP contribution in [0.4, 0.5) is 10.1 Å². The fraction of sp³-hybridized carbons (Fsp3) is 0.333. The fourth-order valence-corrected chi connectivity index (χ4v) is 1.98. The van der Waals surface area contributed by atoms with E-state index in [-0.39, 0.29) is 18.1 Å². The van der Waals surface area contributed by atoms with Crippen LogP contribution in [0.2, 0.25) is 0 Å². The van der Waals surface area contributed by atoms with Crippen LogP contribution >= 0.6 is 0 Å². The normalized spacial score (nSPS) is 19.6. The summed E-state index contributed by atoms with van der Waals surface area (Å²) in [6.07, 6.45) is 0.0557. The zero-order valence-electron chi connectivity index (χ0n) is 9.19. The molecule has 4 nitrogen and oxygen atoms in total. The molecule has 1 unspecified atom stereocenters. The number of para-hydroxylation sites is 1. The van der Waals surface area contributed by atoms with Gasteiger partial charge in [0.1, 0.15) is 11.9 Å². The van der Waals surface area contributed by atoms with Crippen LogP contribution in [0, 0.1) is 17.1 Å². The first kappa shape index (κ1) is 11.4. The first-order valence-electron chi connectivity index (χ1n) is 5.40. The van der Waals surface area contributed by atoms with Crippen LogP contribution in [0.1, 0.15) is 6.42 Å². The summed E-state index contributed by atoms with van der Waals surface area (Å²) in [5.41, 5.74) is 0.377. The van der Waals surface area contributed by atoms with E-state index in [2.05, 4.69) is 5.32 Å². The predicted octanol–water partition coefficient (Wildman–Crippen LogP) is 1.04. The lowest BCUT2D eigenvalue weighted by molar-refractivity contribution is -0.123. The van der Waals surface area contributed by atoms with Crippen LogP contribution in [-0.2, 0) is 4.79 Å². The van der Waals surface area contributed by atoms with Crippen molar-refractivity contribution in [3.63, 3.8) is 0 Å². The summed E-state index contributed by atoms with van der Waals surface area (Å²) < 4.78 is 13.7. The van der Waals surface area contributed by atoms with Gasteiger partial charge in [0.05, 0.1) is 18.2 Å². The molecule has 1 aromatic rings. The number of hydrogen-bond acceptors (Lipinski definition) is 3. The van der Waals surface area contributed by atoms with E-state index in [0.717, 1.165) is 0 Å². The lowest BCUT2D eigenvalue weighted by atomic mass is 10.1. The van der Waals surface area contributed by atoms with Gasteiger partial charge in [-0.3, -0.25) is 4.79 Å². The summed E-state index contributed by atoms with van der Waals surface area (Å²) in [7, 11) is 0. The summed E-state index contributed by atoms with van der Waals surface area (Å²) in [5.74, 6) is -0.591. The Balaban J connectivity index is 2.32. The largest absolute Gasteiger partial charge is 0.355 e. The van der Waals surface area contributed by atoms with Crippen molar-refractivity contribution in [2.24, 2.45) is 0 Å². The van der Waals surface area contributed by atoms with Gasteiger partial charge in [-0.2, -0.15) is 5.26 Å². The molecule has 17 heavy (non-hydrogen) atoms. The number of nitrogens with zero attached hydrogens (tertiary/aromatic N) is 2. The second-order valence-corrected chi connectivity index (χ2v) is 3.81. The quantitative estimate of drug-likeness (QED) is 0.830. The molecule has 0 bridgehead atoms. The zero-order valence-corrected chi connectivity index (χ0v) is 9.19. The van der Waals surface area contributed by atoms with Gasteiger partial charge in [-0.25, -0.2) is 4.39 Å². The number of halogens is 1. The van der Waals surface area contributed by atoms with Crippen LogP contribution in [0.5, 0.6) is 0 Å². The standard InChI is InChI=1S/C12H12FN3O/c13-9-3-1-2-4-10(9)16-8-7-15-12(17)11(16)5-6-14/h1-4,11H,5,7-8H2,(H,15,17). The summed E-state index contributed by atoms with van der Waals surface area (Å²) in [5, 5.41) is 11.4. The monoisotopic (exact) mass is 233 g/mol. The van der Waals surface area contributed by atoms with E-state index in [1.54, 1.807) is 23.1 Å². The molecule has 0 spiro atoms. The highest BCUT2D eigenvalue weighted by Gasteiger charge is 2.30. The third-order valence-electron chi connectivity index (χ3n) is 2.78. The van der Waals surface area contributed by atoms with E-state index >= 15 is 0 Å². The number of carbonyl (C=O) groups excluding carboxylic acids is 1. The number of benzene rings is 1. The predicted molar refractivity (Wildman–Crippen MR) is 60.8 cm³/mol. The van der Waals surface area contributed by atoms with Crippen molar-refractivity contribution in [2.75, 3.05) is 18.0 Å². The van der Waals surface area contributed by atoms with Gasteiger partial charge in [-0.1, -0.05) is 12.1 Å². The van der Waals surface area contributed by atoms with Crippen molar-refractivity contribution in [3.8, 4) is 6.07 Å². The minimum atomic E-state index is -0.606. The van der Waals surface area contributed by atoms with Gasteiger partial charge < -0.3 is 10.2 Å². The average molecular weight is 233 g/mol. The number of nitriles is 1. The molecule has 1 aliphatic rings. The first-order chi connectivity index (χ1) is 8.24. The van der Waals surface area contributed by atoms with Crippen molar-refractivity contribution < 1.29 is 9.18 Å². The minimum absolute atomic E-state index is 0.0557. The second-order valence-electron chi connectivity index (χ2n) is 3.81. The lowest BCUT2D eigenvalue weighted by Gasteiger charge is -2.35. The molecule has 0 saturated carbocycles. The molecule has 0 aromatic heterocycles. The van der Waals surface area contributed by atoms with Crippen molar-refractivity contribution >= 4 is 11.6 Å². The van der Waals surface area contributed by atoms with Crippen LogP contribution in [0.15, 0.2) is 24.3 Å². The number of anilines is 1. The highest BCUT2D eigenvalue weighted by Crippen LogP contribution is 2.23. The van der Waals surface area contributed by atoms with Gasteiger partial charge in [0.15, 0.2) is 0 Å². The molecule has 0 aliphatic carbocycles. The molecule has 1 saturated heterocycles. The SMILES string of the molecule is N#CCC1C(=O)NCCN1c1ccccc1F. The Hall–Kier alpha value is -2.09. The number of nitrogens with one attached hydrogen (secondary N) is 1. The second kappa shape index (κ2) is 4.83. The molecule has 1 heterocycles. The molecule has 1 fully saturated rings. The maximum Gasteiger partial charge on any atom is 0.243 e. The Morgan fingerprint density at radius 2 is 2.29 bits per heavy atom. The number of piperazine rings is 1. The maximum atomic E-state index is 13.7. The third kappa shape index (κ3) is 2.21. The van der Waals surface area contributed by atoms with Crippen LogP contribution in [-0.4, -0.2) is 25.0 Å². The van der Waals surface area contributed by atoms with Gasteiger partial charge in [-0.15, -0.1) is 0 Å². The van der Waals surface area contributed by atoms with E-state index in [1.807, 2.05) is 6.07 Å². The Morgan fingerprint density at radius 1 is 1.53 bits per heavy atom. The summed E-state index contributed by atoms with van der Waals surface area (Å²) >= 11 is 0. The summed E-state index contributed by atoms with van der Waals surface area (Å²) in [6.45, 7) is 0.980. The van der Waals surface area contributed by atoms with Crippen molar-refractivity contribution in [3.05, 3.63) is 30.1 Å². The van der Waals surface area contributed by atoms with Crippen molar-refractivity contribution in [1.82, 2.24) is 5.32 Å². The van der Waals surface area contributed by atoms with Crippen molar-refractivity contribution in [2.45, 2.75) is 12.5 Å². The van der Waals surface area contributed by atoms with E-state index < -0.39 is 6.04 Å². The van der Waals surface area contributed by atoms with Crippen molar-refractivity contribution in [1.29, 1.82) is 5.26 Å². The summed E-state index contributed by atoms with van der Waals surface area (Å²) in [4.78, 5) is 13.3. The van der Waals surface area contributed by atoms with E-state index in [0.29, 0.717) is 18.8 Å². The van der Waals surface area contributed by atoms with E-state index in [1.165, 1.54) is 6.07 Å². The molecular formula is C12H12FN3O. The fourth-order valence-electron chi connectivity index (χ4n) is 1.98. The average Bonchev–Trinajstić information content (AvgIpc) is 2.33. The molecule has 1 aliphatic heterocycles. The molecule has 88 valence electrons. The smallest absolute Gasteiger partial charge is 0.243 e. The highest BCUT2D eigenvalue weighted by molar-refractivity contribution is 5.86. The Kier molecular flexibility index (Phi) is 3.24. The third-order valence-corrected chi connectivity index (χ3v) is 2.78. The Morgan fingerprint density at radius 3 is 3.00 bits per heavy atom. The van der Waals surface area contributed by atoms with Gasteiger partial charge in [-0.05, 0) is 12.1 Å². The van der Waals surface area contributed by atoms with Gasteiger partial charge in [0.2, 0.25) is 5.91 Å². The van der Waals surface area contributed by atoms with Crippen LogP contribution in [0.3, 0.4) is 0 Å². The molecule has 1 atom stereocenters. The molecule has 5 heteroatoms. The van der Waals surface area contributed by atoms with Crippen LogP contribution in [0.25, 0.3) is 0 Å². The lowest BCUT2D eigenvalue weighted by Crippen LogP contribution is -2.55. The highest BCUT2D eigenvalue weighted by atomic mass is 19.1. The van der Waals surface area contributed by atoms with E-state index in [4.69, 9.17) is 5.26 Å². The molecule has 1 amide bonds. The Labute approximate surface area is 98.6 Å². The molecule has 1 N–H and O–H groups in total. The summed E-state index contributed by atoms with van der Waals surface area (Å²) in [6, 6.07) is 7.65. The van der Waals surface area contributed by atoms with Gasteiger partial charge >= 0.3 is 0 Å². The van der Waals surface area contributed by atoms with E-state index in [9.17, 15) is 9.18 Å². The Bertz CT molecular complexity index is 469. The zero-order chi connectivity index (χ0) is 12.3. The van der Waals surface area contributed by atoms with Gasteiger partial charge in [0, 0.05) is 13.1 Å².